The van der Waals surface area contributed by atoms with Gasteiger partial charge in [-0.05, 0) is 28.7 Å². The molecule has 0 fully saturated rings. The molecule has 0 atom stereocenters. The summed E-state index contributed by atoms with van der Waals surface area (Å²) in [5.41, 5.74) is 0. The summed E-state index contributed by atoms with van der Waals surface area (Å²) in [7, 11) is 0.137. The number of rotatable bonds is 3. The van der Waals surface area contributed by atoms with E-state index in [0.717, 1.165) is 4.90 Å². The molecule has 1 aromatic rings. The van der Waals surface area contributed by atoms with Crippen molar-refractivity contribution in [3.8, 4) is 0 Å². The molecule has 0 bridgehead atoms. The molecule has 0 aliphatic rings. The summed E-state index contributed by atoms with van der Waals surface area (Å²) in [4.78, 5) is 0.905. The number of hydrogen-bond donors (Lipinski definition) is 0. The Bertz CT molecular complexity index is 207. The van der Waals surface area contributed by atoms with Crippen LogP contribution in [-0.4, -0.2) is 18.5 Å². The molecular weight excluding hydrogens is 404 g/mol. The normalized spacial score (nSPS) is 8.80. The van der Waals surface area contributed by atoms with E-state index in [4.69, 9.17) is 12.6 Å². The summed E-state index contributed by atoms with van der Waals surface area (Å²) in [6.45, 7) is 6.92. The van der Waals surface area contributed by atoms with Crippen molar-refractivity contribution in [2.24, 2.45) is 0 Å². The Labute approximate surface area is 117 Å². The minimum absolute atomic E-state index is 0. The largest absolute Gasteiger partial charge is 1.00 e. The molecule has 3 heteroatoms. The quantitative estimate of drug-likeness (QED) is 0.403. The Morgan fingerprint density at radius 3 is 1.47 bits per heavy atom. The topological polar surface area (TPSA) is 0 Å². The van der Waals surface area contributed by atoms with Crippen molar-refractivity contribution >= 4 is 20.6 Å². The van der Waals surface area contributed by atoms with Crippen molar-refractivity contribution in [2.75, 3.05) is 18.5 Å². The van der Waals surface area contributed by atoms with Gasteiger partial charge in [0, 0.05) is 0 Å². The van der Waals surface area contributed by atoms with Gasteiger partial charge in [0.05, 0.1) is 18.5 Å². The van der Waals surface area contributed by atoms with Crippen LogP contribution >= 0.6 is 7.92 Å². The summed E-state index contributed by atoms with van der Waals surface area (Å²) in [6, 6.07) is 9.62. The zero-order valence-electron chi connectivity index (χ0n) is 9.72. The SMILES string of the molecule is CC[PH+](CC)CC.[Au+].[S-]c1ccccc1. The minimum atomic E-state index is 0. The summed E-state index contributed by atoms with van der Waals surface area (Å²) in [6.07, 6.45) is 4.37. The van der Waals surface area contributed by atoms with Gasteiger partial charge in [-0.25, -0.2) is 0 Å². The van der Waals surface area contributed by atoms with E-state index in [0.29, 0.717) is 0 Å². The van der Waals surface area contributed by atoms with Crippen molar-refractivity contribution in [3.05, 3.63) is 30.3 Å². The molecule has 0 saturated heterocycles. The molecule has 0 aromatic heterocycles. The summed E-state index contributed by atoms with van der Waals surface area (Å²) in [5, 5.41) is 0. The van der Waals surface area contributed by atoms with Crippen molar-refractivity contribution < 1.29 is 22.4 Å². The molecule has 90 valence electrons. The van der Waals surface area contributed by atoms with Crippen LogP contribution in [0, 0.1) is 0 Å². The van der Waals surface area contributed by atoms with Gasteiger partial charge < -0.3 is 12.6 Å². The molecule has 0 aliphatic heterocycles. The van der Waals surface area contributed by atoms with E-state index in [1.807, 2.05) is 30.3 Å². The van der Waals surface area contributed by atoms with E-state index in [9.17, 15) is 0 Å². The van der Waals surface area contributed by atoms with Crippen molar-refractivity contribution in [2.45, 2.75) is 25.7 Å². The van der Waals surface area contributed by atoms with Gasteiger partial charge in [0.25, 0.3) is 0 Å². The van der Waals surface area contributed by atoms with Crippen LogP contribution in [0.5, 0.6) is 0 Å². The van der Waals surface area contributed by atoms with E-state index in [2.05, 4.69) is 20.8 Å². The van der Waals surface area contributed by atoms with E-state index in [-0.39, 0.29) is 30.3 Å². The van der Waals surface area contributed by atoms with E-state index in [1.54, 1.807) is 0 Å². The van der Waals surface area contributed by atoms with Gasteiger partial charge in [0.15, 0.2) is 0 Å². The van der Waals surface area contributed by atoms with Gasteiger partial charge in [-0.2, -0.15) is 4.90 Å². The molecule has 15 heavy (non-hydrogen) atoms. The second kappa shape index (κ2) is 12.7. The molecular formula is C12H21AuPS+. The van der Waals surface area contributed by atoms with Crippen LogP contribution < -0.4 is 0 Å². The smallest absolute Gasteiger partial charge is 0.780 e. The fraction of sp³-hybridized carbons (Fsp3) is 0.500. The Morgan fingerprint density at radius 2 is 1.33 bits per heavy atom. The molecule has 0 spiro atoms. The minimum Gasteiger partial charge on any atom is -0.780 e. The zero-order chi connectivity index (χ0) is 10.8. The zero-order valence-corrected chi connectivity index (χ0v) is 13.7. The van der Waals surface area contributed by atoms with Gasteiger partial charge in [-0.1, -0.05) is 30.3 Å². The standard InChI is InChI=1S/C6H15P.C6H6S.Au/c1-4-7(5-2)6-3;7-6-4-2-1-3-5-6;/h4-6H2,1-3H3;1-5,7H;/q;;+1. The molecule has 0 saturated carbocycles. The van der Waals surface area contributed by atoms with Crippen LogP contribution in [0.2, 0.25) is 0 Å². The summed E-state index contributed by atoms with van der Waals surface area (Å²) in [5.74, 6) is 0. The maximum Gasteiger partial charge on any atom is 1.00 e. The predicted octanol–water partition coefficient (Wildman–Crippen LogP) is 3.85. The van der Waals surface area contributed by atoms with E-state index < -0.39 is 0 Å². The van der Waals surface area contributed by atoms with Gasteiger partial charge in [0.2, 0.25) is 0 Å². The molecule has 1 rings (SSSR count). The monoisotopic (exact) mass is 425 g/mol. The maximum atomic E-state index is 4.81. The second-order valence-electron chi connectivity index (χ2n) is 3.12. The Balaban J connectivity index is 0. The molecule has 0 nitrogen and oxygen atoms in total. The Morgan fingerprint density at radius 1 is 0.933 bits per heavy atom. The molecule has 0 radical (unpaired) electrons. The van der Waals surface area contributed by atoms with Gasteiger partial charge in [-0.3, -0.25) is 0 Å². The first kappa shape index (κ1) is 18.0. The molecule has 0 unspecified atom stereocenters. The Hall–Kier alpha value is 0.610. The first-order valence-electron chi connectivity index (χ1n) is 5.30. The third kappa shape index (κ3) is 10.9. The predicted molar refractivity (Wildman–Crippen MR) is 72.0 cm³/mol. The molecule has 0 N–H and O–H groups in total. The molecule has 0 heterocycles. The van der Waals surface area contributed by atoms with Crippen LogP contribution in [0.1, 0.15) is 20.8 Å². The first-order valence-corrected chi connectivity index (χ1v) is 7.83. The first-order chi connectivity index (χ1) is 6.74. The average Bonchev–Trinajstić information content (AvgIpc) is 2.22. The fourth-order valence-electron chi connectivity index (χ4n) is 1.17. The third-order valence-corrected chi connectivity index (χ3v) is 5.52. The summed E-state index contributed by atoms with van der Waals surface area (Å²) >= 11 is 4.81. The molecule has 1 aromatic carbocycles. The van der Waals surface area contributed by atoms with Crippen LogP contribution in [-0.2, 0) is 35.0 Å². The second-order valence-corrected chi connectivity index (χ2v) is 7.22. The van der Waals surface area contributed by atoms with Gasteiger partial charge in [0.1, 0.15) is 0 Å². The van der Waals surface area contributed by atoms with Crippen LogP contribution in [0.3, 0.4) is 0 Å². The van der Waals surface area contributed by atoms with Crippen molar-refractivity contribution in [1.82, 2.24) is 0 Å². The summed E-state index contributed by atoms with van der Waals surface area (Å²) < 4.78 is 0. The van der Waals surface area contributed by atoms with Gasteiger partial charge >= 0.3 is 22.4 Å². The van der Waals surface area contributed by atoms with Crippen LogP contribution in [0.4, 0.5) is 0 Å². The van der Waals surface area contributed by atoms with Crippen molar-refractivity contribution in [1.29, 1.82) is 0 Å². The number of hydrogen-bond acceptors (Lipinski definition) is 1. The van der Waals surface area contributed by atoms with E-state index >= 15 is 0 Å². The van der Waals surface area contributed by atoms with Crippen LogP contribution in [0.25, 0.3) is 0 Å². The average molecular weight is 425 g/mol. The van der Waals surface area contributed by atoms with E-state index in [1.165, 1.54) is 18.5 Å². The fourth-order valence-corrected chi connectivity index (χ4v) is 2.83. The number of benzene rings is 1. The maximum absolute atomic E-state index is 4.81. The van der Waals surface area contributed by atoms with Crippen LogP contribution in [0.15, 0.2) is 35.2 Å². The Kier molecular flexibility index (Phi) is 15.2. The molecule has 0 aliphatic carbocycles. The molecule has 0 amide bonds. The van der Waals surface area contributed by atoms with Crippen molar-refractivity contribution in [3.63, 3.8) is 0 Å². The third-order valence-electron chi connectivity index (χ3n) is 2.24. The van der Waals surface area contributed by atoms with Gasteiger partial charge in [-0.15, -0.1) is 0 Å².